The van der Waals surface area contributed by atoms with E-state index in [4.69, 9.17) is 0 Å². The third kappa shape index (κ3) is 2.21. The van der Waals surface area contributed by atoms with Gasteiger partial charge in [0.2, 0.25) is 0 Å². The average Bonchev–Trinajstić information content (AvgIpc) is 2.76. The molecule has 1 atom stereocenters. The number of benzene rings is 1. The van der Waals surface area contributed by atoms with Crippen molar-refractivity contribution in [2.75, 3.05) is 19.3 Å². The number of nitrogens with zero attached hydrogens (tertiary/aromatic N) is 1. The minimum Gasteiger partial charge on any atom is -0.297 e. The van der Waals surface area contributed by atoms with E-state index in [1.807, 2.05) is 11.8 Å². The van der Waals surface area contributed by atoms with Crippen LogP contribution in [0.3, 0.4) is 0 Å². The van der Waals surface area contributed by atoms with Gasteiger partial charge in [-0.05, 0) is 43.8 Å². The van der Waals surface area contributed by atoms with Gasteiger partial charge in [-0.2, -0.15) is 0 Å². The third-order valence-electron chi connectivity index (χ3n) is 3.27. The fraction of sp³-hybridized carbons (Fsp3) is 0.538. The lowest BCUT2D eigenvalue weighted by Gasteiger charge is -2.24. The molecule has 1 unspecified atom stereocenters. The van der Waals surface area contributed by atoms with Crippen LogP contribution in [0.4, 0.5) is 0 Å². The van der Waals surface area contributed by atoms with Crippen LogP contribution in [0.5, 0.6) is 0 Å². The molecule has 0 amide bonds. The predicted octanol–water partition coefficient (Wildman–Crippen LogP) is 3.57. The maximum Gasteiger partial charge on any atom is 0.0359 e. The van der Waals surface area contributed by atoms with Gasteiger partial charge < -0.3 is 0 Å². The first-order chi connectivity index (χ1) is 7.36. The summed E-state index contributed by atoms with van der Waals surface area (Å²) in [5.41, 5.74) is 1.53. The second-order valence-corrected chi connectivity index (χ2v) is 4.88. The van der Waals surface area contributed by atoms with E-state index >= 15 is 0 Å². The fourth-order valence-electron chi connectivity index (χ4n) is 2.50. The lowest BCUT2D eigenvalue weighted by Crippen LogP contribution is -2.22. The van der Waals surface area contributed by atoms with Gasteiger partial charge in [0.15, 0.2) is 0 Å². The molecule has 1 saturated heterocycles. The van der Waals surface area contributed by atoms with Crippen LogP contribution in [0.2, 0.25) is 0 Å². The molecule has 0 radical (unpaired) electrons. The van der Waals surface area contributed by atoms with Crippen molar-refractivity contribution >= 4 is 11.8 Å². The average molecular weight is 221 g/mol. The summed E-state index contributed by atoms with van der Waals surface area (Å²) >= 11 is 1.87. The first-order valence-electron chi connectivity index (χ1n) is 5.73. The summed E-state index contributed by atoms with van der Waals surface area (Å²) in [6.07, 6.45) is 4.84. The molecule has 0 N–H and O–H groups in total. The van der Waals surface area contributed by atoms with Crippen molar-refractivity contribution in [3.05, 3.63) is 29.8 Å². The van der Waals surface area contributed by atoms with Gasteiger partial charge in [0, 0.05) is 10.9 Å². The Morgan fingerprint density at radius 1 is 1.40 bits per heavy atom. The smallest absolute Gasteiger partial charge is 0.0359 e. The summed E-state index contributed by atoms with van der Waals surface area (Å²) in [7, 11) is 0. The minimum atomic E-state index is 0.665. The van der Waals surface area contributed by atoms with E-state index in [0.29, 0.717) is 6.04 Å². The van der Waals surface area contributed by atoms with Crippen LogP contribution in [0.15, 0.2) is 29.2 Å². The standard InChI is InChI=1S/C13H19NS/c1-3-14-10-6-8-12(14)11-7-4-5-9-13(11)15-2/h4-5,7,9,12H,3,6,8,10H2,1-2H3. The van der Waals surface area contributed by atoms with Crippen LogP contribution in [-0.4, -0.2) is 24.2 Å². The molecule has 1 fully saturated rings. The van der Waals surface area contributed by atoms with E-state index < -0.39 is 0 Å². The molecule has 1 aliphatic rings. The van der Waals surface area contributed by atoms with Gasteiger partial charge in [-0.15, -0.1) is 11.8 Å². The predicted molar refractivity (Wildman–Crippen MR) is 67.4 cm³/mol. The second-order valence-electron chi connectivity index (χ2n) is 4.03. The molecule has 1 aromatic rings. The van der Waals surface area contributed by atoms with E-state index in [0.717, 1.165) is 0 Å². The molecule has 0 aliphatic carbocycles. The molecular formula is C13H19NS. The van der Waals surface area contributed by atoms with E-state index in [9.17, 15) is 0 Å². The van der Waals surface area contributed by atoms with Crippen LogP contribution in [0, 0.1) is 0 Å². The first kappa shape index (κ1) is 11.0. The molecular weight excluding hydrogens is 202 g/mol. The Bertz CT molecular complexity index is 324. The molecule has 1 aromatic carbocycles. The number of rotatable bonds is 3. The highest BCUT2D eigenvalue weighted by Gasteiger charge is 2.25. The Labute approximate surface area is 96.9 Å². The minimum absolute atomic E-state index is 0.665. The monoisotopic (exact) mass is 221 g/mol. The number of hydrogen-bond acceptors (Lipinski definition) is 2. The summed E-state index contributed by atoms with van der Waals surface area (Å²) in [4.78, 5) is 4.04. The van der Waals surface area contributed by atoms with Crippen molar-refractivity contribution in [2.24, 2.45) is 0 Å². The maximum absolute atomic E-state index is 2.59. The number of likely N-dealkylation sites (tertiary alicyclic amines) is 1. The molecule has 1 heterocycles. The van der Waals surface area contributed by atoms with Crippen molar-refractivity contribution in [1.82, 2.24) is 4.90 Å². The molecule has 15 heavy (non-hydrogen) atoms. The highest BCUT2D eigenvalue weighted by molar-refractivity contribution is 7.98. The van der Waals surface area contributed by atoms with Crippen molar-refractivity contribution in [1.29, 1.82) is 0 Å². The zero-order valence-electron chi connectivity index (χ0n) is 9.57. The van der Waals surface area contributed by atoms with Crippen molar-refractivity contribution in [3.8, 4) is 0 Å². The van der Waals surface area contributed by atoms with E-state index in [1.54, 1.807) is 0 Å². The summed E-state index contributed by atoms with van der Waals surface area (Å²) in [6.45, 7) is 4.71. The van der Waals surface area contributed by atoms with Crippen LogP contribution in [0.25, 0.3) is 0 Å². The molecule has 0 bridgehead atoms. The highest BCUT2D eigenvalue weighted by Crippen LogP contribution is 2.36. The van der Waals surface area contributed by atoms with Gasteiger partial charge in [0.05, 0.1) is 0 Å². The Morgan fingerprint density at radius 2 is 2.20 bits per heavy atom. The third-order valence-corrected chi connectivity index (χ3v) is 4.08. The zero-order valence-corrected chi connectivity index (χ0v) is 10.4. The van der Waals surface area contributed by atoms with Gasteiger partial charge in [-0.1, -0.05) is 25.1 Å². The van der Waals surface area contributed by atoms with E-state index in [-0.39, 0.29) is 0 Å². The maximum atomic E-state index is 2.59. The Hall–Kier alpha value is -0.470. The summed E-state index contributed by atoms with van der Waals surface area (Å²) < 4.78 is 0. The van der Waals surface area contributed by atoms with Crippen LogP contribution in [-0.2, 0) is 0 Å². The Kier molecular flexibility index (Phi) is 3.71. The van der Waals surface area contributed by atoms with Gasteiger partial charge in [-0.25, -0.2) is 0 Å². The summed E-state index contributed by atoms with van der Waals surface area (Å²) in [5, 5.41) is 0. The largest absolute Gasteiger partial charge is 0.297 e. The van der Waals surface area contributed by atoms with Gasteiger partial charge in [0.25, 0.3) is 0 Å². The number of hydrogen-bond donors (Lipinski definition) is 0. The van der Waals surface area contributed by atoms with Crippen molar-refractivity contribution in [2.45, 2.75) is 30.7 Å². The lowest BCUT2D eigenvalue weighted by molar-refractivity contribution is 0.269. The van der Waals surface area contributed by atoms with Crippen molar-refractivity contribution in [3.63, 3.8) is 0 Å². The molecule has 2 heteroatoms. The Morgan fingerprint density at radius 3 is 2.93 bits per heavy atom. The topological polar surface area (TPSA) is 3.24 Å². The quantitative estimate of drug-likeness (QED) is 0.718. The van der Waals surface area contributed by atoms with Crippen LogP contribution >= 0.6 is 11.8 Å². The van der Waals surface area contributed by atoms with Crippen LogP contribution < -0.4 is 0 Å². The highest BCUT2D eigenvalue weighted by atomic mass is 32.2. The van der Waals surface area contributed by atoms with Crippen LogP contribution in [0.1, 0.15) is 31.4 Å². The van der Waals surface area contributed by atoms with E-state index in [2.05, 4.69) is 42.3 Å². The molecule has 1 nitrogen and oxygen atoms in total. The SMILES string of the molecule is CCN1CCCC1c1ccccc1SC. The van der Waals surface area contributed by atoms with E-state index in [1.165, 1.54) is 36.4 Å². The number of thioether (sulfide) groups is 1. The summed E-state index contributed by atoms with van der Waals surface area (Å²) in [6, 6.07) is 9.51. The molecule has 0 aromatic heterocycles. The molecule has 1 aliphatic heterocycles. The van der Waals surface area contributed by atoms with Crippen molar-refractivity contribution < 1.29 is 0 Å². The lowest BCUT2D eigenvalue weighted by atomic mass is 10.0. The Balaban J connectivity index is 2.27. The molecule has 0 saturated carbocycles. The van der Waals surface area contributed by atoms with Gasteiger partial charge in [0.1, 0.15) is 0 Å². The van der Waals surface area contributed by atoms with Gasteiger partial charge in [-0.3, -0.25) is 4.90 Å². The normalized spacial score (nSPS) is 22.1. The first-order valence-corrected chi connectivity index (χ1v) is 6.96. The van der Waals surface area contributed by atoms with Gasteiger partial charge >= 0.3 is 0 Å². The summed E-state index contributed by atoms with van der Waals surface area (Å²) in [5.74, 6) is 0. The molecule has 2 rings (SSSR count). The second kappa shape index (κ2) is 5.04. The zero-order chi connectivity index (χ0) is 10.7. The fourth-order valence-corrected chi connectivity index (χ4v) is 3.15. The molecule has 82 valence electrons. The molecule has 0 spiro atoms.